The number of fused-ring (bicyclic) bond motifs is 1. The van der Waals surface area contributed by atoms with E-state index in [9.17, 15) is 9.59 Å². The lowest BCUT2D eigenvalue weighted by Gasteiger charge is -2.09. The summed E-state index contributed by atoms with van der Waals surface area (Å²) in [5.41, 5.74) is 3.05. The lowest BCUT2D eigenvalue weighted by atomic mass is 10.1. The normalized spacial score (nSPS) is 10.9. The Kier molecular flexibility index (Phi) is 4.98. The Balaban J connectivity index is 1.65. The quantitative estimate of drug-likeness (QED) is 0.530. The molecule has 0 saturated carbocycles. The van der Waals surface area contributed by atoms with Gasteiger partial charge in [-0.3, -0.25) is 14.2 Å². The molecule has 1 amide bonds. The molecule has 5 nitrogen and oxygen atoms in total. The summed E-state index contributed by atoms with van der Waals surface area (Å²) < 4.78 is 1.32. The van der Waals surface area contributed by atoms with Crippen molar-refractivity contribution in [1.29, 1.82) is 0 Å². The van der Waals surface area contributed by atoms with Crippen molar-refractivity contribution in [2.45, 2.75) is 13.5 Å². The van der Waals surface area contributed by atoms with Gasteiger partial charge in [0.05, 0.1) is 22.4 Å². The highest BCUT2D eigenvalue weighted by molar-refractivity contribution is 7.17. The fourth-order valence-corrected chi connectivity index (χ4v) is 4.17. The zero-order valence-corrected chi connectivity index (χ0v) is 16.6. The number of anilines is 1. The molecule has 0 bridgehead atoms. The van der Waals surface area contributed by atoms with Crippen LogP contribution in [-0.2, 0) is 11.3 Å². The Bertz CT molecular complexity index is 1230. The van der Waals surface area contributed by atoms with Gasteiger partial charge < -0.3 is 5.32 Å². The number of rotatable bonds is 4. The Morgan fingerprint density at radius 1 is 1.21 bits per heavy atom. The van der Waals surface area contributed by atoms with Gasteiger partial charge in [-0.1, -0.05) is 48.0 Å². The molecule has 7 heteroatoms. The SMILES string of the molecule is Cc1ccc(NC(=O)Cn2cnc3scc(-c4ccccc4)c3c2=O)c(Cl)c1. The number of aryl methyl sites for hydroxylation is 1. The lowest BCUT2D eigenvalue weighted by molar-refractivity contribution is -0.116. The third-order valence-electron chi connectivity index (χ3n) is 4.36. The van der Waals surface area contributed by atoms with Gasteiger partial charge in [0.2, 0.25) is 5.91 Å². The summed E-state index contributed by atoms with van der Waals surface area (Å²) in [6.45, 7) is 1.78. The van der Waals surface area contributed by atoms with E-state index in [2.05, 4.69) is 10.3 Å². The number of nitrogens with zero attached hydrogens (tertiary/aromatic N) is 2. The Hall–Kier alpha value is -2.96. The first-order valence-corrected chi connectivity index (χ1v) is 9.87. The molecular formula is C21H16ClN3O2S. The number of aromatic nitrogens is 2. The summed E-state index contributed by atoms with van der Waals surface area (Å²) in [6, 6.07) is 15.0. The van der Waals surface area contributed by atoms with E-state index in [-0.39, 0.29) is 18.0 Å². The van der Waals surface area contributed by atoms with Crippen molar-refractivity contribution in [1.82, 2.24) is 9.55 Å². The molecular weight excluding hydrogens is 394 g/mol. The van der Waals surface area contributed by atoms with Gasteiger partial charge in [0, 0.05) is 10.9 Å². The minimum Gasteiger partial charge on any atom is -0.323 e. The molecule has 0 aliphatic heterocycles. The number of hydrogen-bond donors (Lipinski definition) is 1. The van der Waals surface area contributed by atoms with Crippen molar-refractivity contribution in [2.75, 3.05) is 5.32 Å². The first-order valence-electron chi connectivity index (χ1n) is 8.61. The standard InChI is InChI=1S/C21H16ClN3O2S/c1-13-7-8-17(16(22)9-13)24-18(26)10-25-12-23-20-19(21(25)27)15(11-28-20)14-5-3-2-4-6-14/h2-9,11-12H,10H2,1H3,(H,24,26). The van der Waals surface area contributed by atoms with Gasteiger partial charge in [0.25, 0.3) is 5.56 Å². The number of carbonyl (C=O) groups excluding carboxylic acids is 1. The second kappa shape index (κ2) is 7.58. The zero-order valence-electron chi connectivity index (χ0n) is 15.0. The molecule has 2 aromatic carbocycles. The molecule has 140 valence electrons. The number of hydrogen-bond acceptors (Lipinski definition) is 4. The predicted molar refractivity (Wildman–Crippen MR) is 114 cm³/mol. The molecule has 0 unspecified atom stereocenters. The first kappa shape index (κ1) is 18.4. The summed E-state index contributed by atoms with van der Waals surface area (Å²) >= 11 is 7.58. The number of halogens is 1. The minimum absolute atomic E-state index is 0.143. The summed E-state index contributed by atoms with van der Waals surface area (Å²) in [4.78, 5) is 30.5. The molecule has 4 aromatic rings. The van der Waals surface area contributed by atoms with Crippen LogP contribution in [0.15, 0.2) is 65.0 Å². The lowest BCUT2D eigenvalue weighted by Crippen LogP contribution is -2.27. The third-order valence-corrected chi connectivity index (χ3v) is 5.56. The highest BCUT2D eigenvalue weighted by atomic mass is 35.5. The molecule has 2 heterocycles. The first-order chi connectivity index (χ1) is 13.5. The second-order valence-electron chi connectivity index (χ2n) is 6.40. The molecule has 4 rings (SSSR count). The van der Waals surface area contributed by atoms with E-state index in [4.69, 9.17) is 11.6 Å². The van der Waals surface area contributed by atoms with Crippen LogP contribution in [0.1, 0.15) is 5.56 Å². The number of thiophene rings is 1. The van der Waals surface area contributed by atoms with Crippen LogP contribution in [-0.4, -0.2) is 15.5 Å². The second-order valence-corrected chi connectivity index (χ2v) is 7.67. The van der Waals surface area contributed by atoms with E-state index in [0.29, 0.717) is 20.9 Å². The summed E-state index contributed by atoms with van der Waals surface area (Å²) in [7, 11) is 0. The Morgan fingerprint density at radius 2 is 2.00 bits per heavy atom. The van der Waals surface area contributed by atoms with Crippen LogP contribution in [0.2, 0.25) is 5.02 Å². The number of benzene rings is 2. The van der Waals surface area contributed by atoms with E-state index in [1.165, 1.54) is 22.2 Å². The molecule has 2 aromatic heterocycles. The van der Waals surface area contributed by atoms with Gasteiger partial charge in [-0.05, 0) is 30.2 Å². The molecule has 1 N–H and O–H groups in total. The van der Waals surface area contributed by atoms with Crippen molar-refractivity contribution in [3.63, 3.8) is 0 Å². The molecule has 0 fully saturated rings. The molecule has 0 aliphatic carbocycles. The van der Waals surface area contributed by atoms with Crippen molar-refractivity contribution in [3.8, 4) is 11.1 Å². The van der Waals surface area contributed by atoms with E-state index >= 15 is 0 Å². The smallest absolute Gasteiger partial charge is 0.263 e. The monoisotopic (exact) mass is 409 g/mol. The van der Waals surface area contributed by atoms with Crippen LogP contribution in [0.25, 0.3) is 21.3 Å². The number of carbonyl (C=O) groups is 1. The maximum atomic E-state index is 13.0. The maximum Gasteiger partial charge on any atom is 0.263 e. The van der Waals surface area contributed by atoms with Crippen LogP contribution in [0.5, 0.6) is 0 Å². The van der Waals surface area contributed by atoms with Gasteiger partial charge in [-0.15, -0.1) is 11.3 Å². The van der Waals surface area contributed by atoms with E-state index in [0.717, 1.165) is 16.7 Å². The van der Waals surface area contributed by atoms with Gasteiger partial charge in [-0.25, -0.2) is 4.98 Å². The number of nitrogens with one attached hydrogen (secondary N) is 1. The molecule has 0 saturated heterocycles. The van der Waals surface area contributed by atoms with Gasteiger partial charge in [0.15, 0.2) is 0 Å². The van der Waals surface area contributed by atoms with Crippen molar-refractivity contribution < 1.29 is 4.79 Å². The highest BCUT2D eigenvalue weighted by Gasteiger charge is 2.15. The number of amides is 1. The van der Waals surface area contributed by atoms with Crippen LogP contribution in [0.4, 0.5) is 5.69 Å². The molecule has 0 atom stereocenters. The highest BCUT2D eigenvalue weighted by Crippen LogP contribution is 2.30. The largest absolute Gasteiger partial charge is 0.323 e. The van der Waals surface area contributed by atoms with Gasteiger partial charge >= 0.3 is 0 Å². The molecule has 0 aliphatic rings. The predicted octanol–water partition coefficient (Wildman–Crippen LogP) is 4.73. The van der Waals surface area contributed by atoms with Gasteiger partial charge in [0.1, 0.15) is 11.4 Å². The van der Waals surface area contributed by atoms with E-state index in [1.807, 2.05) is 48.7 Å². The van der Waals surface area contributed by atoms with E-state index < -0.39 is 0 Å². The van der Waals surface area contributed by atoms with Crippen LogP contribution >= 0.6 is 22.9 Å². The van der Waals surface area contributed by atoms with E-state index in [1.54, 1.807) is 12.1 Å². The maximum absolute atomic E-state index is 13.0. The Morgan fingerprint density at radius 3 is 2.75 bits per heavy atom. The summed E-state index contributed by atoms with van der Waals surface area (Å²) in [5.74, 6) is -0.342. The Labute approximate surface area is 170 Å². The molecule has 0 radical (unpaired) electrons. The average molecular weight is 410 g/mol. The summed E-state index contributed by atoms with van der Waals surface area (Å²) in [6.07, 6.45) is 1.41. The average Bonchev–Trinajstić information content (AvgIpc) is 3.12. The third kappa shape index (κ3) is 3.56. The van der Waals surface area contributed by atoms with Crippen molar-refractivity contribution in [3.05, 3.63) is 81.2 Å². The van der Waals surface area contributed by atoms with Crippen LogP contribution in [0.3, 0.4) is 0 Å². The van der Waals surface area contributed by atoms with Gasteiger partial charge in [-0.2, -0.15) is 0 Å². The van der Waals surface area contributed by atoms with Crippen molar-refractivity contribution >= 4 is 44.7 Å². The molecule has 0 spiro atoms. The minimum atomic E-state index is -0.342. The fraction of sp³-hybridized carbons (Fsp3) is 0.0952. The molecule has 28 heavy (non-hydrogen) atoms. The van der Waals surface area contributed by atoms with Crippen molar-refractivity contribution in [2.24, 2.45) is 0 Å². The topological polar surface area (TPSA) is 64.0 Å². The van der Waals surface area contributed by atoms with Crippen LogP contribution in [0, 0.1) is 6.92 Å². The van der Waals surface area contributed by atoms with Crippen LogP contribution < -0.4 is 10.9 Å². The fourth-order valence-electron chi connectivity index (χ4n) is 2.98. The zero-order chi connectivity index (χ0) is 19.7. The summed E-state index contributed by atoms with van der Waals surface area (Å²) in [5, 5.41) is 5.65.